The first kappa shape index (κ1) is 19.6. The minimum atomic E-state index is -0.295. The van der Waals surface area contributed by atoms with E-state index in [4.69, 9.17) is 16.3 Å². The number of anilines is 2. The average Bonchev–Trinajstić information content (AvgIpc) is 3.14. The van der Waals surface area contributed by atoms with Crippen LogP contribution >= 0.6 is 22.9 Å². The van der Waals surface area contributed by atoms with Crippen LogP contribution in [0.2, 0.25) is 5.02 Å². The Morgan fingerprint density at radius 1 is 1.33 bits per heavy atom. The van der Waals surface area contributed by atoms with Gasteiger partial charge in [0, 0.05) is 42.1 Å². The fourth-order valence-corrected chi connectivity index (χ4v) is 3.50. The number of benzene rings is 1. The van der Waals surface area contributed by atoms with Crippen LogP contribution in [0.1, 0.15) is 22.5 Å². The molecule has 0 unspecified atom stereocenters. The normalized spacial score (nSPS) is 14.1. The highest BCUT2D eigenvalue weighted by Gasteiger charge is 2.17. The zero-order valence-electron chi connectivity index (χ0n) is 15.0. The Morgan fingerprint density at radius 2 is 2.11 bits per heavy atom. The Bertz CT molecular complexity index is 821. The lowest BCUT2D eigenvalue weighted by molar-refractivity contribution is -0.135. The van der Waals surface area contributed by atoms with Gasteiger partial charge in [0.15, 0.2) is 5.13 Å². The van der Waals surface area contributed by atoms with E-state index < -0.39 is 0 Å². The molecule has 7 nitrogen and oxygen atoms in total. The summed E-state index contributed by atoms with van der Waals surface area (Å²) >= 11 is 7.35. The van der Waals surface area contributed by atoms with E-state index in [0.717, 1.165) is 11.3 Å². The van der Waals surface area contributed by atoms with Gasteiger partial charge in [-0.15, -0.1) is 11.3 Å². The Balaban J connectivity index is 1.49. The van der Waals surface area contributed by atoms with E-state index in [2.05, 4.69) is 15.6 Å². The summed E-state index contributed by atoms with van der Waals surface area (Å²) in [7, 11) is 0. The van der Waals surface area contributed by atoms with Gasteiger partial charge < -0.3 is 20.3 Å². The number of ether oxygens (including phenoxy) is 1. The van der Waals surface area contributed by atoms with E-state index in [0.29, 0.717) is 42.2 Å². The molecule has 0 atom stereocenters. The van der Waals surface area contributed by atoms with Crippen molar-refractivity contribution >= 4 is 45.6 Å². The standard InChI is InChI=1S/C18H21ClN4O3S/c1-12-2-3-13(19)10-14(12)21-18-22-15(11-27-18)17(25)20-5-4-16(24)23-6-8-26-9-7-23/h2-3,10-11H,4-9H2,1H3,(H,20,25)(H,21,22). The van der Waals surface area contributed by atoms with Gasteiger partial charge in [-0.3, -0.25) is 9.59 Å². The number of hydrogen-bond acceptors (Lipinski definition) is 6. The van der Waals surface area contributed by atoms with Crippen LogP contribution in [0.25, 0.3) is 0 Å². The minimum absolute atomic E-state index is 0.0238. The molecule has 144 valence electrons. The van der Waals surface area contributed by atoms with Gasteiger partial charge in [0.05, 0.1) is 13.2 Å². The smallest absolute Gasteiger partial charge is 0.270 e. The van der Waals surface area contributed by atoms with Crippen LogP contribution in [0.5, 0.6) is 0 Å². The van der Waals surface area contributed by atoms with Crippen molar-refractivity contribution in [1.29, 1.82) is 0 Å². The molecule has 2 N–H and O–H groups in total. The summed E-state index contributed by atoms with van der Waals surface area (Å²) in [5.41, 5.74) is 2.20. The van der Waals surface area contributed by atoms with Crippen molar-refractivity contribution in [3.8, 4) is 0 Å². The van der Waals surface area contributed by atoms with E-state index in [1.165, 1.54) is 11.3 Å². The highest BCUT2D eigenvalue weighted by molar-refractivity contribution is 7.14. The van der Waals surface area contributed by atoms with E-state index in [9.17, 15) is 9.59 Å². The summed E-state index contributed by atoms with van der Waals surface area (Å²) in [4.78, 5) is 30.4. The van der Waals surface area contributed by atoms with Crippen LogP contribution in [0.4, 0.5) is 10.8 Å². The molecule has 0 bridgehead atoms. The zero-order chi connectivity index (χ0) is 19.2. The maximum atomic E-state index is 12.2. The molecule has 2 heterocycles. The molecule has 2 amide bonds. The Labute approximate surface area is 166 Å². The second-order valence-corrected chi connectivity index (χ2v) is 7.42. The summed E-state index contributed by atoms with van der Waals surface area (Å²) in [5.74, 6) is -0.271. The summed E-state index contributed by atoms with van der Waals surface area (Å²) in [6.45, 7) is 4.60. The van der Waals surface area contributed by atoms with Gasteiger partial charge in [-0.25, -0.2) is 4.98 Å². The second-order valence-electron chi connectivity index (χ2n) is 6.12. The predicted octanol–water partition coefficient (Wildman–Crippen LogP) is 2.83. The number of carbonyl (C=O) groups excluding carboxylic acids is 2. The van der Waals surface area contributed by atoms with E-state index in [-0.39, 0.29) is 24.8 Å². The van der Waals surface area contributed by atoms with Gasteiger partial charge in [0.2, 0.25) is 5.91 Å². The van der Waals surface area contributed by atoms with Crippen molar-refractivity contribution in [3.63, 3.8) is 0 Å². The number of morpholine rings is 1. The van der Waals surface area contributed by atoms with Crippen molar-refractivity contribution in [2.75, 3.05) is 38.2 Å². The van der Waals surface area contributed by atoms with Crippen molar-refractivity contribution in [2.45, 2.75) is 13.3 Å². The Hall–Kier alpha value is -2.16. The van der Waals surface area contributed by atoms with Gasteiger partial charge in [-0.05, 0) is 24.6 Å². The summed E-state index contributed by atoms with van der Waals surface area (Å²) in [6.07, 6.45) is 0.267. The minimum Gasteiger partial charge on any atom is -0.378 e. The highest BCUT2D eigenvalue weighted by Crippen LogP contribution is 2.26. The first-order chi connectivity index (χ1) is 13.0. The lowest BCUT2D eigenvalue weighted by atomic mass is 10.2. The molecule has 1 aromatic heterocycles. The number of amides is 2. The second kappa shape index (κ2) is 9.16. The third-order valence-electron chi connectivity index (χ3n) is 4.17. The topological polar surface area (TPSA) is 83.6 Å². The summed E-state index contributed by atoms with van der Waals surface area (Å²) in [5, 5.41) is 8.84. The van der Waals surface area contributed by atoms with E-state index >= 15 is 0 Å². The van der Waals surface area contributed by atoms with Crippen molar-refractivity contribution < 1.29 is 14.3 Å². The third-order valence-corrected chi connectivity index (χ3v) is 5.16. The molecule has 1 aliphatic rings. The molecular weight excluding hydrogens is 388 g/mol. The fourth-order valence-electron chi connectivity index (χ4n) is 2.62. The molecule has 0 radical (unpaired) electrons. The molecule has 9 heteroatoms. The average molecular weight is 409 g/mol. The largest absolute Gasteiger partial charge is 0.378 e. The molecule has 27 heavy (non-hydrogen) atoms. The number of aromatic nitrogens is 1. The molecule has 0 saturated carbocycles. The number of hydrogen-bond donors (Lipinski definition) is 2. The summed E-state index contributed by atoms with van der Waals surface area (Å²) < 4.78 is 5.23. The first-order valence-electron chi connectivity index (χ1n) is 8.65. The molecule has 1 saturated heterocycles. The number of carbonyl (C=O) groups is 2. The number of nitrogens with zero attached hydrogens (tertiary/aromatic N) is 2. The fraction of sp³-hybridized carbons (Fsp3) is 0.389. The van der Waals surface area contributed by atoms with Gasteiger partial charge in [-0.2, -0.15) is 0 Å². The molecule has 0 spiro atoms. The number of nitrogens with one attached hydrogen (secondary N) is 2. The maximum Gasteiger partial charge on any atom is 0.270 e. The van der Waals surface area contributed by atoms with Gasteiger partial charge >= 0.3 is 0 Å². The van der Waals surface area contributed by atoms with Crippen molar-refractivity contribution in [3.05, 3.63) is 39.9 Å². The lowest BCUT2D eigenvalue weighted by Gasteiger charge is -2.26. The van der Waals surface area contributed by atoms with Crippen molar-refractivity contribution in [2.24, 2.45) is 0 Å². The van der Waals surface area contributed by atoms with E-state index in [1.807, 2.05) is 25.1 Å². The number of halogens is 1. The van der Waals surface area contributed by atoms with Crippen LogP contribution in [0.3, 0.4) is 0 Å². The van der Waals surface area contributed by atoms with Crippen LogP contribution in [-0.2, 0) is 9.53 Å². The molecular formula is C18H21ClN4O3S. The SMILES string of the molecule is Cc1ccc(Cl)cc1Nc1nc(C(=O)NCCC(=O)N2CCOCC2)cs1. The summed E-state index contributed by atoms with van der Waals surface area (Å²) in [6, 6.07) is 5.55. The molecule has 2 aromatic rings. The van der Waals surface area contributed by atoms with Crippen LogP contribution in [-0.4, -0.2) is 54.5 Å². The number of rotatable bonds is 6. The predicted molar refractivity (Wildman–Crippen MR) is 106 cm³/mol. The van der Waals surface area contributed by atoms with Crippen molar-refractivity contribution in [1.82, 2.24) is 15.2 Å². The first-order valence-corrected chi connectivity index (χ1v) is 9.91. The number of thiazole rings is 1. The Morgan fingerprint density at radius 3 is 2.89 bits per heavy atom. The highest BCUT2D eigenvalue weighted by atomic mass is 35.5. The lowest BCUT2D eigenvalue weighted by Crippen LogP contribution is -2.42. The maximum absolute atomic E-state index is 12.2. The molecule has 3 rings (SSSR count). The molecule has 1 fully saturated rings. The molecule has 1 aromatic carbocycles. The quantitative estimate of drug-likeness (QED) is 0.767. The van der Waals surface area contributed by atoms with Gasteiger partial charge in [-0.1, -0.05) is 17.7 Å². The van der Waals surface area contributed by atoms with Crippen LogP contribution in [0, 0.1) is 6.92 Å². The molecule has 0 aliphatic carbocycles. The Kier molecular flexibility index (Phi) is 6.65. The molecule has 1 aliphatic heterocycles. The number of aryl methyl sites for hydroxylation is 1. The van der Waals surface area contributed by atoms with Crippen LogP contribution < -0.4 is 10.6 Å². The van der Waals surface area contributed by atoms with Gasteiger partial charge in [0.1, 0.15) is 5.69 Å². The zero-order valence-corrected chi connectivity index (χ0v) is 16.5. The monoisotopic (exact) mass is 408 g/mol. The van der Waals surface area contributed by atoms with Gasteiger partial charge in [0.25, 0.3) is 5.91 Å². The van der Waals surface area contributed by atoms with E-state index in [1.54, 1.807) is 10.3 Å². The third kappa shape index (κ3) is 5.41. The van der Waals surface area contributed by atoms with Crippen LogP contribution in [0.15, 0.2) is 23.6 Å².